The molecule has 20 heavy (non-hydrogen) atoms. The van der Waals surface area contributed by atoms with E-state index in [1.807, 2.05) is 0 Å². The molecule has 2 aromatic rings. The van der Waals surface area contributed by atoms with E-state index in [0.717, 1.165) is 5.56 Å². The molecule has 0 aliphatic heterocycles. The first-order valence-electron chi connectivity index (χ1n) is 6.41. The van der Waals surface area contributed by atoms with Crippen molar-refractivity contribution in [1.82, 2.24) is 5.32 Å². The number of thiocarbonyl (C=S) groups is 1. The first kappa shape index (κ1) is 14.5. The smallest absolute Gasteiger partial charge is 0.171 e. The van der Waals surface area contributed by atoms with Crippen LogP contribution in [0.5, 0.6) is 0 Å². The van der Waals surface area contributed by atoms with Crippen LogP contribution >= 0.6 is 12.2 Å². The summed E-state index contributed by atoms with van der Waals surface area (Å²) in [6.07, 6.45) is 0. The predicted octanol–water partition coefficient (Wildman–Crippen LogP) is 3.93. The van der Waals surface area contributed by atoms with E-state index >= 15 is 0 Å². The number of hydrogen-bond acceptors (Lipinski definition) is 1. The average Bonchev–Trinajstić information content (AvgIpc) is 2.42. The summed E-state index contributed by atoms with van der Waals surface area (Å²) in [6, 6.07) is 13.2. The van der Waals surface area contributed by atoms with Crippen LogP contribution in [0.3, 0.4) is 0 Å². The van der Waals surface area contributed by atoms with Gasteiger partial charge in [0.2, 0.25) is 0 Å². The van der Waals surface area contributed by atoms with Gasteiger partial charge in [0.05, 0.1) is 0 Å². The summed E-state index contributed by atoms with van der Waals surface area (Å²) in [5.41, 5.74) is 3.64. The van der Waals surface area contributed by atoms with Gasteiger partial charge in [0.1, 0.15) is 5.82 Å². The Labute approximate surface area is 124 Å². The van der Waals surface area contributed by atoms with E-state index in [9.17, 15) is 4.39 Å². The maximum atomic E-state index is 13.4. The quantitative estimate of drug-likeness (QED) is 0.837. The summed E-state index contributed by atoms with van der Waals surface area (Å²) in [4.78, 5) is 0. The zero-order valence-corrected chi connectivity index (χ0v) is 12.4. The number of halogens is 1. The minimum atomic E-state index is -0.240. The van der Waals surface area contributed by atoms with E-state index in [4.69, 9.17) is 12.2 Å². The van der Waals surface area contributed by atoms with Gasteiger partial charge < -0.3 is 10.6 Å². The SMILES string of the molecule is Cc1ccc(CNC(=S)Nc2ccc(C)c(F)c2)cc1. The van der Waals surface area contributed by atoms with Gasteiger partial charge in [0.25, 0.3) is 0 Å². The van der Waals surface area contributed by atoms with Gasteiger partial charge >= 0.3 is 0 Å². The molecule has 2 aromatic carbocycles. The van der Waals surface area contributed by atoms with Crippen LogP contribution in [0.1, 0.15) is 16.7 Å². The maximum absolute atomic E-state index is 13.4. The van der Waals surface area contributed by atoms with Crippen molar-refractivity contribution in [3.05, 3.63) is 65.0 Å². The molecule has 0 fully saturated rings. The molecule has 0 amide bonds. The largest absolute Gasteiger partial charge is 0.358 e. The molecule has 104 valence electrons. The Hall–Kier alpha value is -1.94. The van der Waals surface area contributed by atoms with Gasteiger partial charge in [-0.3, -0.25) is 0 Å². The molecule has 0 radical (unpaired) electrons. The highest BCUT2D eigenvalue weighted by atomic mass is 32.1. The van der Waals surface area contributed by atoms with Crippen LogP contribution in [0.2, 0.25) is 0 Å². The van der Waals surface area contributed by atoms with E-state index in [-0.39, 0.29) is 5.82 Å². The molecule has 0 unspecified atom stereocenters. The minimum absolute atomic E-state index is 0.240. The summed E-state index contributed by atoms with van der Waals surface area (Å²) in [7, 11) is 0. The molecule has 0 aliphatic carbocycles. The summed E-state index contributed by atoms with van der Waals surface area (Å²) < 4.78 is 13.4. The van der Waals surface area contributed by atoms with Crippen LogP contribution in [0.25, 0.3) is 0 Å². The first-order valence-corrected chi connectivity index (χ1v) is 6.82. The zero-order chi connectivity index (χ0) is 14.5. The number of aryl methyl sites for hydroxylation is 2. The predicted molar refractivity (Wildman–Crippen MR) is 85.4 cm³/mol. The van der Waals surface area contributed by atoms with Crippen molar-refractivity contribution in [3.63, 3.8) is 0 Å². The normalized spacial score (nSPS) is 10.2. The molecule has 0 heterocycles. The monoisotopic (exact) mass is 288 g/mol. The van der Waals surface area contributed by atoms with Crippen LogP contribution in [-0.4, -0.2) is 5.11 Å². The lowest BCUT2D eigenvalue weighted by atomic mass is 10.1. The van der Waals surface area contributed by atoms with Gasteiger partial charge in [-0.05, 0) is 49.3 Å². The number of nitrogens with one attached hydrogen (secondary N) is 2. The number of benzene rings is 2. The lowest BCUT2D eigenvalue weighted by molar-refractivity contribution is 0.619. The Morgan fingerprint density at radius 3 is 2.45 bits per heavy atom. The molecule has 0 spiro atoms. The molecular formula is C16H17FN2S. The van der Waals surface area contributed by atoms with Crippen LogP contribution in [0.4, 0.5) is 10.1 Å². The van der Waals surface area contributed by atoms with Crippen molar-refractivity contribution in [2.45, 2.75) is 20.4 Å². The first-order chi connectivity index (χ1) is 9.54. The van der Waals surface area contributed by atoms with Gasteiger partial charge in [-0.25, -0.2) is 4.39 Å². The van der Waals surface area contributed by atoms with E-state index in [2.05, 4.69) is 41.8 Å². The molecule has 2 nitrogen and oxygen atoms in total. The lowest BCUT2D eigenvalue weighted by Gasteiger charge is -2.11. The molecule has 0 atom stereocenters. The van der Waals surface area contributed by atoms with E-state index in [1.54, 1.807) is 19.1 Å². The van der Waals surface area contributed by atoms with Crippen molar-refractivity contribution in [2.24, 2.45) is 0 Å². The Bertz CT molecular complexity index is 608. The molecule has 0 aliphatic rings. The zero-order valence-electron chi connectivity index (χ0n) is 11.5. The van der Waals surface area contributed by atoms with Gasteiger partial charge in [-0.1, -0.05) is 35.9 Å². The Morgan fingerprint density at radius 1 is 1.10 bits per heavy atom. The van der Waals surface area contributed by atoms with E-state index in [0.29, 0.717) is 22.9 Å². The third kappa shape index (κ3) is 4.03. The van der Waals surface area contributed by atoms with Crippen molar-refractivity contribution >= 4 is 23.0 Å². The summed E-state index contributed by atoms with van der Waals surface area (Å²) in [6.45, 7) is 4.42. The van der Waals surface area contributed by atoms with E-state index in [1.165, 1.54) is 11.6 Å². The number of hydrogen-bond donors (Lipinski definition) is 2. The van der Waals surface area contributed by atoms with Crippen molar-refractivity contribution in [2.75, 3.05) is 5.32 Å². The van der Waals surface area contributed by atoms with Gasteiger partial charge in [0.15, 0.2) is 5.11 Å². The second-order valence-electron chi connectivity index (χ2n) is 4.76. The maximum Gasteiger partial charge on any atom is 0.171 e. The Kier molecular flexibility index (Phi) is 4.69. The van der Waals surface area contributed by atoms with E-state index < -0.39 is 0 Å². The topological polar surface area (TPSA) is 24.1 Å². The third-order valence-electron chi connectivity index (χ3n) is 3.00. The molecule has 0 saturated carbocycles. The Morgan fingerprint density at radius 2 is 1.80 bits per heavy atom. The molecule has 4 heteroatoms. The van der Waals surface area contributed by atoms with Crippen LogP contribution in [0.15, 0.2) is 42.5 Å². The van der Waals surface area contributed by atoms with Gasteiger partial charge in [0, 0.05) is 12.2 Å². The average molecular weight is 288 g/mol. The fourth-order valence-corrected chi connectivity index (χ4v) is 1.92. The lowest BCUT2D eigenvalue weighted by Crippen LogP contribution is -2.27. The fraction of sp³-hybridized carbons (Fsp3) is 0.188. The van der Waals surface area contributed by atoms with Crippen LogP contribution < -0.4 is 10.6 Å². The highest BCUT2D eigenvalue weighted by Gasteiger charge is 2.01. The van der Waals surface area contributed by atoms with Gasteiger partial charge in [-0.2, -0.15) is 0 Å². The van der Waals surface area contributed by atoms with Gasteiger partial charge in [-0.15, -0.1) is 0 Å². The number of rotatable bonds is 3. The molecule has 2 rings (SSSR count). The molecule has 0 saturated heterocycles. The highest BCUT2D eigenvalue weighted by Crippen LogP contribution is 2.13. The van der Waals surface area contributed by atoms with Crippen molar-refractivity contribution in [3.8, 4) is 0 Å². The standard InChI is InChI=1S/C16H17FN2S/c1-11-3-6-13(7-4-11)10-18-16(20)19-14-8-5-12(2)15(17)9-14/h3-9H,10H2,1-2H3,(H2,18,19,20). The minimum Gasteiger partial charge on any atom is -0.358 e. The molecular weight excluding hydrogens is 271 g/mol. The second kappa shape index (κ2) is 6.48. The van der Waals surface area contributed by atoms with Crippen molar-refractivity contribution < 1.29 is 4.39 Å². The summed E-state index contributed by atoms with van der Waals surface area (Å²) in [5.74, 6) is -0.240. The second-order valence-corrected chi connectivity index (χ2v) is 5.17. The Balaban J connectivity index is 1.89. The molecule has 0 aromatic heterocycles. The van der Waals surface area contributed by atoms with Crippen LogP contribution in [-0.2, 0) is 6.54 Å². The molecule has 0 bridgehead atoms. The van der Waals surface area contributed by atoms with Crippen LogP contribution in [0, 0.1) is 19.7 Å². The fourth-order valence-electron chi connectivity index (χ4n) is 1.73. The molecule has 2 N–H and O–H groups in total. The third-order valence-corrected chi connectivity index (χ3v) is 3.25. The highest BCUT2D eigenvalue weighted by molar-refractivity contribution is 7.80. The number of anilines is 1. The van der Waals surface area contributed by atoms with Crippen molar-refractivity contribution in [1.29, 1.82) is 0 Å². The summed E-state index contributed by atoms with van der Waals surface area (Å²) >= 11 is 5.19. The summed E-state index contributed by atoms with van der Waals surface area (Å²) in [5, 5.41) is 6.55.